The molecule has 0 aliphatic rings. The number of ketones is 1. The first-order valence-electron chi connectivity index (χ1n) is 5.25. The van der Waals surface area contributed by atoms with E-state index < -0.39 is 0 Å². The van der Waals surface area contributed by atoms with Crippen molar-refractivity contribution in [2.45, 2.75) is 6.92 Å². The molecule has 0 heterocycles. The number of carbonyl (C=O) groups is 1. The Morgan fingerprint density at radius 1 is 1.00 bits per heavy atom. The van der Waals surface area contributed by atoms with Crippen molar-refractivity contribution in [3.8, 4) is 0 Å². The summed E-state index contributed by atoms with van der Waals surface area (Å²) in [6.07, 6.45) is 0. The van der Waals surface area contributed by atoms with Gasteiger partial charge in [-0.05, 0) is 25.1 Å². The van der Waals surface area contributed by atoms with Crippen molar-refractivity contribution in [2.75, 3.05) is 0 Å². The standard InChI is InChI=1S/C14H9Cl3O/c1-8-3-2-4-9(5-8)14(18)13-11(16)6-10(15)7-12(13)17/h2-7H,1H3. The van der Waals surface area contributed by atoms with Crippen LogP contribution >= 0.6 is 34.8 Å². The molecular weight excluding hydrogens is 291 g/mol. The van der Waals surface area contributed by atoms with Gasteiger partial charge in [-0.25, -0.2) is 0 Å². The van der Waals surface area contributed by atoms with Crippen molar-refractivity contribution in [2.24, 2.45) is 0 Å². The summed E-state index contributed by atoms with van der Waals surface area (Å²) in [5.41, 5.74) is 1.84. The maximum atomic E-state index is 12.3. The maximum absolute atomic E-state index is 12.3. The summed E-state index contributed by atoms with van der Waals surface area (Å²) in [5, 5.41) is 0.934. The molecule has 0 spiro atoms. The van der Waals surface area contributed by atoms with Crippen molar-refractivity contribution in [1.82, 2.24) is 0 Å². The van der Waals surface area contributed by atoms with Gasteiger partial charge in [0.1, 0.15) is 0 Å². The predicted octanol–water partition coefficient (Wildman–Crippen LogP) is 5.19. The zero-order valence-electron chi connectivity index (χ0n) is 9.51. The van der Waals surface area contributed by atoms with Crippen LogP contribution in [-0.2, 0) is 0 Å². The van der Waals surface area contributed by atoms with Gasteiger partial charge in [0.25, 0.3) is 0 Å². The number of hydrogen-bond acceptors (Lipinski definition) is 1. The van der Waals surface area contributed by atoms with Gasteiger partial charge in [-0.2, -0.15) is 0 Å². The number of rotatable bonds is 2. The second kappa shape index (κ2) is 5.31. The third-order valence-electron chi connectivity index (χ3n) is 2.51. The maximum Gasteiger partial charge on any atom is 0.196 e. The van der Waals surface area contributed by atoms with E-state index in [1.54, 1.807) is 12.1 Å². The zero-order chi connectivity index (χ0) is 13.3. The molecule has 2 aromatic carbocycles. The molecule has 18 heavy (non-hydrogen) atoms. The predicted molar refractivity (Wildman–Crippen MR) is 76.1 cm³/mol. The lowest BCUT2D eigenvalue weighted by molar-refractivity contribution is 0.103. The first-order valence-corrected chi connectivity index (χ1v) is 6.38. The van der Waals surface area contributed by atoms with Crippen molar-refractivity contribution in [3.63, 3.8) is 0 Å². The first kappa shape index (κ1) is 13.4. The Morgan fingerprint density at radius 3 is 2.17 bits per heavy atom. The Morgan fingerprint density at radius 2 is 1.61 bits per heavy atom. The highest BCUT2D eigenvalue weighted by Gasteiger charge is 2.17. The Bertz CT molecular complexity index is 597. The highest BCUT2D eigenvalue weighted by Crippen LogP contribution is 2.30. The molecule has 92 valence electrons. The molecule has 4 heteroatoms. The molecule has 0 amide bonds. The van der Waals surface area contributed by atoms with Gasteiger partial charge in [-0.15, -0.1) is 0 Å². The molecule has 2 rings (SSSR count). The van der Waals surface area contributed by atoms with Gasteiger partial charge in [0, 0.05) is 10.6 Å². The van der Waals surface area contributed by atoms with Gasteiger partial charge >= 0.3 is 0 Å². The van der Waals surface area contributed by atoms with E-state index in [1.807, 2.05) is 19.1 Å². The van der Waals surface area contributed by atoms with Crippen molar-refractivity contribution in [3.05, 3.63) is 68.2 Å². The van der Waals surface area contributed by atoms with E-state index in [1.165, 1.54) is 12.1 Å². The van der Waals surface area contributed by atoms with Crippen molar-refractivity contribution in [1.29, 1.82) is 0 Å². The molecule has 0 aliphatic carbocycles. The summed E-state index contributed by atoms with van der Waals surface area (Å²) in [7, 11) is 0. The van der Waals surface area contributed by atoms with Crippen LogP contribution in [0.25, 0.3) is 0 Å². The number of benzene rings is 2. The van der Waals surface area contributed by atoms with E-state index in [9.17, 15) is 4.79 Å². The van der Waals surface area contributed by atoms with E-state index in [0.29, 0.717) is 10.6 Å². The normalized spacial score (nSPS) is 10.4. The summed E-state index contributed by atoms with van der Waals surface area (Å²) >= 11 is 17.9. The van der Waals surface area contributed by atoms with Gasteiger partial charge in [0.05, 0.1) is 15.6 Å². The minimum absolute atomic E-state index is 0.203. The van der Waals surface area contributed by atoms with Crippen LogP contribution in [0.2, 0.25) is 15.1 Å². The molecule has 0 fully saturated rings. The van der Waals surface area contributed by atoms with Crippen LogP contribution in [0, 0.1) is 6.92 Å². The quantitative estimate of drug-likeness (QED) is 0.698. The molecule has 0 unspecified atom stereocenters. The summed E-state index contributed by atoms with van der Waals surface area (Å²) in [5.74, 6) is -0.203. The Labute approximate surface area is 120 Å². The lowest BCUT2D eigenvalue weighted by atomic mass is 10.0. The number of aryl methyl sites for hydroxylation is 1. The second-order valence-electron chi connectivity index (χ2n) is 3.94. The van der Waals surface area contributed by atoms with E-state index in [2.05, 4.69) is 0 Å². The van der Waals surface area contributed by atoms with Gasteiger partial charge in [-0.3, -0.25) is 4.79 Å². The molecule has 0 aliphatic heterocycles. The van der Waals surface area contributed by atoms with Crippen LogP contribution in [0.15, 0.2) is 36.4 Å². The topological polar surface area (TPSA) is 17.1 Å². The summed E-state index contributed by atoms with van der Waals surface area (Å²) < 4.78 is 0. The van der Waals surface area contributed by atoms with E-state index in [0.717, 1.165) is 5.56 Å². The van der Waals surface area contributed by atoms with E-state index in [4.69, 9.17) is 34.8 Å². The fraction of sp³-hybridized carbons (Fsp3) is 0.0714. The lowest BCUT2D eigenvalue weighted by Gasteiger charge is -2.07. The van der Waals surface area contributed by atoms with Crippen LogP contribution in [-0.4, -0.2) is 5.78 Å². The summed E-state index contributed by atoms with van der Waals surface area (Å²) in [4.78, 5) is 12.3. The largest absolute Gasteiger partial charge is 0.288 e. The van der Waals surface area contributed by atoms with Crippen molar-refractivity contribution < 1.29 is 4.79 Å². The van der Waals surface area contributed by atoms with E-state index in [-0.39, 0.29) is 21.4 Å². The third kappa shape index (κ3) is 2.69. The number of carbonyl (C=O) groups excluding carboxylic acids is 1. The van der Waals surface area contributed by atoms with Crippen LogP contribution < -0.4 is 0 Å². The van der Waals surface area contributed by atoms with Gasteiger partial charge in [-0.1, -0.05) is 58.6 Å². The molecule has 0 bridgehead atoms. The van der Waals surface area contributed by atoms with Crippen LogP contribution in [0.3, 0.4) is 0 Å². The molecule has 0 saturated carbocycles. The average molecular weight is 300 g/mol. The molecule has 2 aromatic rings. The van der Waals surface area contributed by atoms with Crippen LogP contribution in [0.1, 0.15) is 21.5 Å². The van der Waals surface area contributed by atoms with Crippen LogP contribution in [0.5, 0.6) is 0 Å². The Balaban J connectivity index is 2.53. The monoisotopic (exact) mass is 298 g/mol. The molecular formula is C14H9Cl3O. The molecule has 0 aromatic heterocycles. The number of halogens is 3. The molecule has 0 atom stereocenters. The first-order chi connectivity index (χ1) is 8.49. The minimum atomic E-state index is -0.203. The third-order valence-corrected chi connectivity index (χ3v) is 3.33. The highest BCUT2D eigenvalue weighted by atomic mass is 35.5. The fourth-order valence-corrected chi connectivity index (χ4v) is 2.68. The fourth-order valence-electron chi connectivity index (χ4n) is 1.69. The average Bonchev–Trinajstić information content (AvgIpc) is 2.27. The van der Waals surface area contributed by atoms with E-state index >= 15 is 0 Å². The summed E-state index contributed by atoms with van der Waals surface area (Å²) in [6.45, 7) is 1.92. The summed E-state index contributed by atoms with van der Waals surface area (Å²) in [6, 6.07) is 10.3. The Kier molecular flexibility index (Phi) is 3.96. The van der Waals surface area contributed by atoms with Gasteiger partial charge < -0.3 is 0 Å². The SMILES string of the molecule is Cc1cccc(C(=O)c2c(Cl)cc(Cl)cc2Cl)c1. The van der Waals surface area contributed by atoms with Crippen molar-refractivity contribution >= 4 is 40.6 Å². The smallest absolute Gasteiger partial charge is 0.196 e. The lowest BCUT2D eigenvalue weighted by Crippen LogP contribution is -2.03. The Hall–Kier alpha value is -1.02. The molecule has 0 radical (unpaired) electrons. The number of hydrogen-bond donors (Lipinski definition) is 0. The van der Waals surface area contributed by atoms with Gasteiger partial charge in [0.15, 0.2) is 5.78 Å². The van der Waals surface area contributed by atoms with Gasteiger partial charge in [0.2, 0.25) is 0 Å². The zero-order valence-corrected chi connectivity index (χ0v) is 11.8. The van der Waals surface area contributed by atoms with Crippen LogP contribution in [0.4, 0.5) is 0 Å². The second-order valence-corrected chi connectivity index (χ2v) is 5.19. The highest BCUT2D eigenvalue weighted by molar-refractivity contribution is 6.43. The molecule has 0 N–H and O–H groups in total. The molecule has 0 saturated heterocycles. The minimum Gasteiger partial charge on any atom is -0.288 e. The molecule has 1 nitrogen and oxygen atoms in total.